The average Bonchev–Trinajstić information content (AvgIpc) is 2.96. The van der Waals surface area contributed by atoms with E-state index in [-0.39, 0.29) is 5.97 Å². The molecule has 0 radical (unpaired) electrons. The molecule has 1 aromatic carbocycles. The summed E-state index contributed by atoms with van der Waals surface area (Å²) >= 11 is 1.72. The number of carbonyl (C=O) groups excluding carboxylic acids is 1. The zero-order valence-corrected chi connectivity index (χ0v) is 12.2. The summed E-state index contributed by atoms with van der Waals surface area (Å²) in [5, 5.41) is 3.33. The summed E-state index contributed by atoms with van der Waals surface area (Å²) in [6, 6.07) is 8.40. The van der Waals surface area contributed by atoms with E-state index >= 15 is 0 Å². The van der Waals surface area contributed by atoms with Crippen molar-refractivity contribution in [1.82, 2.24) is 0 Å². The van der Waals surface area contributed by atoms with Crippen LogP contribution in [-0.2, 0) is 15.1 Å². The minimum absolute atomic E-state index is 0.319. The molecule has 1 saturated carbocycles. The predicted molar refractivity (Wildman–Crippen MR) is 82.9 cm³/mol. The summed E-state index contributed by atoms with van der Waals surface area (Å²) in [5.41, 5.74) is 0.702. The van der Waals surface area contributed by atoms with Crippen LogP contribution in [0.1, 0.15) is 37.7 Å². The third kappa shape index (κ3) is 2.27. The topological polar surface area (TPSA) is 26.3 Å². The van der Waals surface area contributed by atoms with Crippen LogP contribution < -0.4 is 0 Å². The largest absolute Gasteiger partial charge is 0.451 e. The first-order valence-electron chi connectivity index (χ1n) is 7.07. The number of benzene rings is 1. The van der Waals surface area contributed by atoms with Crippen LogP contribution in [0, 0.1) is 0 Å². The van der Waals surface area contributed by atoms with E-state index in [0.29, 0.717) is 0 Å². The minimum atomic E-state index is -0.464. The zero-order valence-electron chi connectivity index (χ0n) is 11.4. The monoisotopic (exact) mass is 286 g/mol. The minimum Gasteiger partial charge on any atom is -0.451 e. The fourth-order valence-electron chi connectivity index (χ4n) is 3.14. The second-order valence-electron chi connectivity index (χ2n) is 5.32. The van der Waals surface area contributed by atoms with Crippen molar-refractivity contribution in [1.29, 1.82) is 0 Å². The molecule has 0 saturated heterocycles. The van der Waals surface area contributed by atoms with E-state index in [1.54, 1.807) is 11.3 Å². The number of hydrogen-bond acceptors (Lipinski definition) is 3. The van der Waals surface area contributed by atoms with Gasteiger partial charge in [0.25, 0.3) is 0 Å². The summed E-state index contributed by atoms with van der Waals surface area (Å²) in [6.45, 7) is 3.53. The molecular formula is C17H18O2S. The molecule has 3 rings (SSSR count). The zero-order chi connectivity index (χ0) is 14.0. The van der Waals surface area contributed by atoms with Crippen molar-refractivity contribution >= 4 is 27.4 Å². The normalized spacial score (nSPS) is 17.8. The van der Waals surface area contributed by atoms with Gasteiger partial charge in [-0.25, -0.2) is 4.79 Å². The van der Waals surface area contributed by atoms with Crippen molar-refractivity contribution in [3.05, 3.63) is 47.9 Å². The number of thiophene rings is 1. The summed E-state index contributed by atoms with van der Waals surface area (Å²) < 4.78 is 7.08. The molecular weight excluding hydrogens is 268 g/mol. The summed E-state index contributed by atoms with van der Waals surface area (Å²) in [6.07, 6.45) is 6.50. The van der Waals surface area contributed by atoms with Crippen molar-refractivity contribution in [2.75, 3.05) is 0 Å². The van der Waals surface area contributed by atoms with E-state index in [1.807, 2.05) is 0 Å². The highest BCUT2D eigenvalue weighted by Gasteiger charge is 2.38. The third-order valence-electron chi connectivity index (χ3n) is 4.09. The Balaban J connectivity index is 2.10. The molecule has 0 spiro atoms. The maximum absolute atomic E-state index is 11.8. The molecule has 0 amide bonds. The molecule has 0 N–H and O–H groups in total. The second kappa shape index (κ2) is 5.41. The number of esters is 1. The van der Waals surface area contributed by atoms with Gasteiger partial charge in [-0.15, -0.1) is 11.3 Å². The molecule has 1 aliphatic carbocycles. The fraction of sp³-hybridized carbons (Fsp3) is 0.353. The van der Waals surface area contributed by atoms with Gasteiger partial charge in [0.1, 0.15) is 5.60 Å². The molecule has 1 aromatic heterocycles. The fourth-order valence-corrected chi connectivity index (χ4v) is 4.14. The van der Waals surface area contributed by atoms with Crippen LogP contribution in [0.4, 0.5) is 0 Å². The standard InChI is InChI=1S/C17H18O2S/c1-2-15(18)19-17(10-4-3-5-11-17)14-8-6-7-13-9-12-20-16(13)14/h2,6-9,12H,1,3-5,10-11H2. The van der Waals surface area contributed by atoms with Gasteiger partial charge in [0.2, 0.25) is 0 Å². The number of ether oxygens (including phenoxy) is 1. The maximum Gasteiger partial charge on any atom is 0.331 e. The summed E-state index contributed by atoms with van der Waals surface area (Å²) in [4.78, 5) is 11.8. The Morgan fingerprint density at radius 2 is 2.05 bits per heavy atom. The number of fused-ring (bicyclic) bond motifs is 1. The first-order valence-corrected chi connectivity index (χ1v) is 7.95. The van der Waals surface area contributed by atoms with Crippen LogP contribution >= 0.6 is 11.3 Å². The smallest absolute Gasteiger partial charge is 0.331 e. The van der Waals surface area contributed by atoms with Crippen LogP contribution in [0.3, 0.4) is 0 Å². The third-order valence-corrected chi connectivity index (χ3v) is 5.06. The molecule has 1 heterocycles. The lowest BCUT2D eigenvalue weighted by Crippen LogP contribution is -2.34. The average molecular weight is 286 g/mol. The Kier molecular flexibility index (Phi) is 3.62. The SMILES string of the molecule is C=CC(=O)OC1(c2cccc3ccsc23)CCCCC1. The van der Waals surface area contributed by atoms with Crippen molar-refractivity contribution in [2.24, 2.45) is 0 Å². The predicted octanol–water partition coefficient (Wildman–Crippen LogP) is 4.79. The number of hydrogen-bond donors (Lipinski definition) is 0. The molecule has 0 unspecified atom stereocenters. The van der Waals surface area contributed by atoms with E-state index in [1.165, 1.54) is 28.1 Å². The Hall–Kier alpha value is -1.61. The van der Waals surface area contributed by atoms with Gasteiger partial charge < -0.3 is 4.74 Å². The molecule has 1 aliphatic rings. The van der Waals surface area contributed by atoms with Crippen LogP contribution in [0.2, 0.25) is 0 Å². The quantitative estimate of drug-likeness (QED) is 0.599. The molecule has 3 heteroatoms. The van der Waals surface area contributed by atoms with E-state index in [4.69, 9.17) is 4.74 Å². The van der Waals surface area contributed by atoms with Gasteiger partial charge in [0.05, 0.1) is 0 Å². The summed E-state index contributed by atoms with van der Waals surface area (Å²) in [7, 11) is 0. The maximum atomic E-state index is 11.8. The van der Waals surface area contributed by atoms with E-state index in [9.17, 15) is 4.79 Å². The number of carbonyl (C=O) groups is 1. The molecule has 0 atom stereocenters. The molecule has 2 nitrogen and oxygen atoms in total. The number of rotatable bonds is 3. The lowest BCUT2D eigenvalue weighted by atomic mass is 9.79. The first-order chi connectivity index (χ1) is 9.75. The molecule has 20 heavy (non-hydrogen) atoms. The van der Waals surface area contributed by atoms with E-state index in [2.05, 4.69) is 36.2 Å². The van der Waals surface area contributed by atoms with Gasteiger partial charge in [-0.05, 0) is 42.5 Å². The molecule has 2 aromatic rings. The van der Waals surface area contributed by atoms with Gasteiger partial charge in [-0.2, -0.15) is 0 Å². The molecule has 0 aliphatic heterocycles. The van der Waals surface area contributed by atoms with Crippen molar-refractivity contribution in [3.8, 4) is 0 Å². The Morgan fingerprint density at radius 1 is 1.25 bits per heavy atom. The van der Waals surface area contributed by atoms with Crippen LogP contribution in [0.5, 0.6) is 0 Å². The van der Waals surface area contributed by atoms with Crippen LogP contribution in [0.25, 0.3) is 10.1 Å². The van der Waals surface area contributed by atoms with Crippen molar-refractivity contribution in [3.63, 3.8) is 0 Å². The van der Waals surface area contributed by atoms with E-state index in [0.717, 1.165) is 25.7 Å². The lowest BCUT2D eigenvalue weighted by molar-refractivity contribution is -0.158. The first kappa shape index (κ1) is 13.4. The van der Waals surface area contributed by atoms with Crippen LogP contribution in [-0.4, -0.2) is 5.97 Å². The van der Waals surface area contributed by atoms with Gasteiger partial charge in [0, 0.05) is 16.3 Å². The lowest BCUT2D eigenvalue weighted by Gasteiger charge is -2.37. The Morgan fingerprint density at radius 3 is 2.80 bits per heavy atom. The van der Waals surface area contributed by atoms with E-state index < -0.39 is 5.60 Å². The van der Waals surface area contributed by atoms with Gasteiger partial charge >= 0.3 is 5.97 Å². The highest BCUT2D eigenvalue weighted by molar-refractivity contribution is 7.17. The second-order valence-corrected chi connectivity index (χ2v) is 6.24. The van der Waals surface area contributed by atoms with Crippen molar-refractivity contribution in [2.45, 2.75) is 37.7 Å². The van der Waals surface area contributed by atoms with Gasteiger partial charge in [-0.3, -0.25) is 0 Å². The highest BCUT2D eigenvalue weighted by atomic mass is 32.1. The van der Waals surface area contributed by atoms with Gasteiger partial charge in [0.15, 0.2) is 0 Å². The van der Waals surface area contributed by atoms with Gasteiger partial charge in [-0.1, -0.05) is 31.2 Å². The molecule has 0 bridgehead atoms. The Bertz CT molecular complexity index is 635. The highest BCUT2D eigenvalue weighted by Crippen LogP contribution is 2.44. The summed E-state index contributed by atoms with van der Waals surface area (Å²) in [5.74, 6) is -0.319. The van der Waals surface area contributed by atoms with Crippen LogP contribution in [0.15, 0.2) is 42.3 Å². The molecule has 1 fully saturated rings. The Labute approximate surface area is 123 Å². The van der Waals surface area contributed by atoms with Crippen molar-refractivity contribution < 1.29 is 9.53 Å². The molecule has 104 valence electrons.